The van der Waals surface area contributed by atoms with Crippen LogP contribution in [0.1, 0.15) is 43.5 Å². The van der Waals surface area contributed by atoms with Crippen LogP contribution in [0, 0.1) is 11.8 Å². The maximum absolute atomic E-state index is 12.9. The second-order valence-corrected chi connectivity index (χ2v) is 7.57. The number of rotatable bonds is 6. The monoisotopic (exact) mass is 401 g/mol. The third kappa shape index (κ3) is 6.45. The largest absolute Gasteiger partial charge is 0.338 e. The Hall–Kier alpha value is -1.30. The molecule has 2 amide bonds. The summed E-state index contributed by atoms with van der Waals surface area (Å²) in [5.41, 5.74) is 1.07. The highest BCUT2D eigenvalue weighted by Crippen LogP contribution is 2.25. The fourth-order valence-corrected chi connectivity index (χ4v) is 3.42. The van der Waals surface area contributed by atoms with Gasteiger partial charge in [-0.15, -0.1) is 12.4 Å². The minimum absolute atomic E-state index is 0. The third-order valence-corrected chi connectivity index (χ3v) is 4.70. The Morgan fingerprint density at radius 1 is 1.35 bits per heavy atom. The number of piperidine rings is 1. The van der Waals surface area contributed by atoms with Crippen LogP contribution in [0.25, 0.3) is 0 Å². The average molecular weight is 402 g/mol. The zero-order valence-corrected chi connectivity index (χ0v) is 17.3. The predicted molar refractivity (Wildman–Crippen MR) is 109 cm³/mol. The molecule has 26 heavy (non-hydrogen) atoms. The van der Waals surface area contributed by atoms with Crippen LogP contribution >= 0.6 is 24.0 Å². The lowest BCUT2D eigenvalue weighted by molar-refractivity contribution is -0.116. The molecular weight excluding hydrogens is 373 g/mol. The van der Waals surface area contributed by atoms with Crippen LogP contribution in [0.4, 0.5) is 5.69 Å². The molecule has 0 aromatic heterocycles. The molecule has 0 aliphatic carbocycles. The zero-order chi connectivity index (χ0) is 18.4. The molecule has 2 N–H and O–H groups in total. The molecule has 146 valence electrons. The molecule has 0 saturated carbocycles. The van der Waals surface area contributed by atoms with E-state index in [2.05, 4.69) is 10.6 Å². The second-order valence-electron chi connectivity index (χ2n) is 7.16. The van der Waals surface area contributed by atoms with Crippen molar-refractivity contribution in [1.29, 1.82) is 0 Å². The zero-order valence-electron chi connectivity index (χ0n) is 15.7. The van der Waals surface area contributed by atoms with Crippen LogP contribution < -0.4 is 10.6 Å². The molecule has 1 aromatic carbocycles. The van der Waals surface area contributed by atoms with Crippen molar-refractivity contribution in [1.82, 2.24) is 10.2 Å². The molecule has 1 unspecified atom stereocenters. The van der Waals surface area contributed by atoms with Crippen molar-refractivity contribution in [2.24, 2.45) is 11.8 Å². The van der Waals surface area contributed by atoms with E-state index in [1.165, 1.54) is 0 Å². The summed E-state index contributed by atoms with van der Waals surface area (Å²) in [6.45, 7) is 6.38. The van der Waals surface area contributed by atoms with Gasteiger partial charge < -0.3 is 15.5 Å². The van der Waals surface area contributed by atoms with Crippen LogP contribution in [-0.4, -0.2) is 43.4 Å². The van der Waals surface area contributed by atoms with Gasteiger partial charge in [0.05, 0.1) is 10.6 Å². The molecule has 5 nitrogen and oxygen atoms in total. The summed E-state index contributed by atoms with van der Waals surface area (Å²) < 4.78 is 0. The van der Waals surface area contributed by atoms with E-state index in [0.29, 0.717) is 28.6 Å². The van der Waals surface area contributed by atoms with Gasteiger partial charge in [-0.25, -0.2) is 0 Å². The normalized spacial score (nSPS) is 17.0. The number of nitrogens with one attached hydrogen (secondary N) is 2. The Bertz CT molecular complexity index is 621. The van der Waals surface area contributed by atoms with Gasteiger partial charge in [0.15, 0.2) is 0 Å². The molecule has 7 heteroatoms. The second kappa shape index (κ2) is 10.8. The molecule has 2 rings (SSSR count). The van der Waals surface area contributed by atoms with Crippen molar-refractivity contribution in [3.8, 4) is 0 Å². The predicted octanol–water partition coefficient (Wildman–Crippen LogP) is 3.82. The summed E-state index contributed by atoms with van der Waals surface area (Å²) in [4.78, 5) is 26.7. The van der Waals surface area contributed by atoms with E-state index in [0.717, 1.165) is 32.5 Å². The average Bonchev–Trinajstić information content (AvgIpc) is 2.56. The Balaban J connectivity index is 0.00000338. The summed E-state index contributed by atoms with van der Waals surface area (Å²) >= 11 is 6.26. The van der Waals surface area contributed by atoms with Gasteiger partial charge in [0, 0.05) is 25.2 Å². The number of benzene rings is 1. The summed E-state index contributed by atoms with van der Waals surface area (Å²) in [7, 11) is 1.93. The number of halogens is 2. The SMILES string of the molecule is CNCC1CCCN(C(=O)c2cc(NC(=O)CC(C)C)ccc2Cl)C1.Cl. The van der Waals surface area contributed by atoms with Gasteiger partial charge in [-0.2, -0.15) is 0 Å². The number of nitrogens with zero attached hydrogens (tertiary/aromatic N) is 1. The maximum atomic E-state index is 12.9. The minimum atomic E-state index is -0.0641. The number of carbonyl (C=O) groups excluding carboxylic acids is 2. The highest BCUT2D eigenvalue weighted by Gasteiger charge is 2.25. The fourth-order valence-electron chi connectivity index (χ4n) is 3.22. The van der Waals surface area contributed by atoms with E-state index in [1.807, 2.05) is 25.8 Å². The van der Waals surface area contributed by atoms with E-state index in [1.54, 1.807) is 18.2 Å². The number of amides is 2. The van der Waals surface area contributed by atoms with Gasteiger partial charge in [0.25, 0.3) is 5.91 Å². The molecule has 1 atom stereocenters. The lowest BCUT2D eigenvalue weighted by Gasteiger charge is -2.33. The molecule has 0 bridgehead atoms. The molecule has 1 saturated heterocycles. The van der Waals surface area contributed by atoms with Crippen molar-refractivity contribution >= 4 is 41.5 Å². The van der Waals surface area contributed by atoms with E-state index in [9.17, 15) is 9.59 Å². The molecule has 1 heterocycles. The first-order chi connectivity index (χ1) is 11.9. The first kappa shape index (κ1) is 22.7. The topological polar surface area (TPSA) is 61.4 Å². The van der Waals surface area contributed by atoms with Gasteiger partial charge >= 0.3 is 0 Å². The number of anilines is 1. The summed E-state index contributed by atoms with van der Waals surface area (Å²) in [6.07, 6.45) is 2.58. The smallest absolute Gasteiger partial charge is 0.255 e. The highest BCUT2D eigenvalue weighted by atomic mass is 35.5. The molecule has 1 fully saturated rings. The van der Waals surface area contributed by atoms with Crippen LogP contribution in [-0.2, 0) is 4.79 Å². The van der Waals surface area contributed by atoms with Crippen molar-refractivity contribution in [2.45, 2.75) is 33.1 Å². The van der Waals surface area contributed by atoms with Crippen molar-refractivity contribution in [3.63, 3.8) is 0 Å². The Morgan fingerprint density at radius 3 is 2.73 bits per heavy atom. The van der Waals surface area contributed by atoms with Gasteiger partial charge in [0.2, 0.25) is 5.91 Å². The minimum Gasteiger partial charge on any atom is -0.338 e. The fraction of sp³-hybridized carbons (Fsp3) is 0.579. The van der Waals surface area contributed by atoms with Crippen molar-refractivity contribution in [3.05, 3.63) is 28.8 Å². The Morgan fingerprint density at radius 2 is 2.08 bits per heavy atom. The molecule has 0 radical (unpaired) electrons. The quantitative estimate of drug-likeness (QED) is 0.761. The lowest BCUT2D eigenvalue weighted by Crippen LogP contribution is -2.42. The van der Waals surface area contributed by atoms with Crippen LogP contribution in [0.15, 0.2) is 18.2 Å². The van der Waals surface area contributed by atoms with E-state index >= 15 is 0 Å². The van der Waals surface area contributed by atoms with E-state index in [4.69, 9.17) is 11.6 Å². The van der Waals surface area contributed by atoms with Gasteiger partial charge in [-0.1, -0.05) is 25.4 Å². The Labute approximate surface area is 167 Å². The Kier molecular flexibility index (Phi) is 9.41. The van der Waals surface area contributed by atoms with E-state index < -0.39 is 0 Å². The molecule has 0 spiro atoms. The first-order valence-corrected chi connectivity index (χ1v) is 9.31. The third-order valence-electron chi connectivity index (χ3n) is 4.37. The number of likely N-dealkylation sites (tertiary alicyclic amines) is 1. The molecular formula is C19H29Cl2N3O2. The summed E-state index contributed by atoms with van der Waals surface area (Å²) in [5, 5.41) is 6.45. The maximum Gasteiger partial charge on any atom is 0.255 e. The van der Waals surface area contributed by atoms with Gasteiger partial charge in [-0.05, 0) is 56.5 Å². The summed E-state index contributed by atoms with van der Waals surface area (Å²) in [5.74, 6) is 0.634. The van der Waals surface area contributed by atoms with Crippen LogP contribution in [0.5, 0.6) is 0 Å². The highest BCUT2D eigenvalue weighted by molar-refractivity contribution is 6.34. The van der Waals surface area contributed by atoms with Gasteiger partial charge in [0.1, 0.15) is 0 Å². The number of hydrogen-bond acceptors (Lipinski definition) is 3. The number of hydrogen-bond donors (Lipinski definition) is 2. The lowest BCUT2D eigenvalue weighted by atomic mass is 9.97. The summed E-state index contributed by atoms with van der Waals surface area (Å²) in [6, 6.07) is 5.09. The molecule has 1 aliphatic heterocycles. The van der Waals surface area contributed by atoms with Gasteiger partial charge in [-0.3, -0.25) is 9.59 Å². The molecule has 1 aromatic rings. The van der Waals surface area contributed by atoms with Crippen molar-refractivity contribution < 1.29 is 9.59 Å². The van der Waals surface area contributed by atoms with Crippen LogP contribution in [0.2, 0.25) is 5.02 Å². The first-order valence-electron chi connectivity index (χ1n) is 8.94. The standard InChI is InChI=1S/C19H28ClN3O2.ClH/c1-13(2)9-18(24)22-15-6-7-17(20)16(10-15)19(25)23-8-4-5-14(12-23)11-21-3;/h6-7,10,13-14,21H,4-5,8-9,11-12H2,1-3H3,(H,22,24);1H. The van der Waals surface area contributed by atoms with E-state index in [-0.39, 0.29) is 30.1 Å². The van der Waals surface area contributed by atoms with Crippen LogP contribution in [0.3, 0.4) is 0 Å². The number of carbonyl (C=O) groups is 2. The van der Waals surface area contributed by atoms with Crippen molar-refractivity contribution in [2.75, 3.05) is 32.0 Å². The molecule has 1 aliphatic rings.